The zero-order valence-corrected chi connectivity index (χ0v) is 20.3. The highest BCUT2D eigenvalue weighted by molar-refractivity contribution is 9.10. The lowest BCUT2D eigenvalue weighted by Gasteiger charge is -2.10. The molecule has 0 amide bonds. The van der Waals surface area contributed by atoms with E-state index in [1.165, 1.54) is 5.56 Å². The quantitative estimate of drug-likeness (QED) is 0.342. The average molecular weight is 511 g/mol. The maximum absolute atomic E-state index is 12.5. The van der Waals surface area contributed by atoms with Crippen LogP contribution in [0.4, 0.5) is 0 Å². The summed E-state index contributed by atoms with van der Waals surface area (Å²) in [4.78, 5) is 20.9. The second-order valence-electron chi connectivity index (χ2n) is 8.53. The second kappa shape index (κ2) is 7.20. The third-order valence-corrected chi connectivity index (χ3v) is 7.11. The fourth-order valence-electron chi connectivity index (χ4n) is 4.69. The smallest absolute Gasteiger partial charge is 0.328 e. The third-order valence-electron chi connectivity index (χ3n) is 6.46. The number of nitriles is 1. The van der Waals surface area contributed by atoms with Crippen molar-refractivity contribution >= 4 is 48.9 Å². The topological polar surface area (TPSA) is 84.3 Å². The van der Waals surface area contributed by atoms with Gasteiger partial charge in [0.15, 0.2) is 0 Å². The van der Waals surface area contributed by atoms with Gasteiger partial charge in [0.1, 0.15) is 11.9 Å². The Hall–Kier alpha value is -4.09. The molecule has 0 radical (unpaired) electrons. The molecule has 0 unspecified atom stereocenters. The number of aryl methyl sites for hydroxylation is 3. The van der Waals surface area contributed by atoms with Gasteiger partial charge in [-0.1, -0.05) is 12.1 Å². The van der Waals surface area contributed by atoms with Crippen LogP contribution < -0.4 is 5.69 Å². The van der Waals surface area contributed by atoms with E-state index < -0.39 is 0 Å². The van der Waals surface area contributed by atoms with Gasteiger partial charge in [-0.3, -0.25) is 13.7 Å². The van der Waals surface area contributed by atoms with E-state index in [1.807, 2.05) is 36.5 Å². The van der Waals surface area contributed by atoms with Crippen molar-refractivity contribution in [3.8, 4) is 23.1 Å². The molecule has 3 heterocycles. The van der Waals surface area contributed by atoms with Gasteiger partial charge >= 0.3 is 5.69 Å². The van der Waals surface area contributed by atoms with Crippen molar-refractivity contribution in [2.45, 2.75) is 6.92 Å². The Morgan fingerprint density at radius 2 is 1.79 bits per heavy atom. The summed E-state index contributed by atoms with van der Waals surface area (Å²) >= 11 is 3.50. The Morgan fingerprint density at radius 3 is 2.59 bits per heavy atom. The monoisotopic (exact) mass is 510 g/mol. The van der Waals surface area contributed by atoms with Crippen LogP contribution in [0.25, 0.3) is 50.0 Å². The molecule has 34 heavy (non-hydrogen) atoms. The van der Waals surface area contributed by atoms with Crippen LogP contribution in [-0.4, -0.2) is 23.7 Å². The minimum Gasteiger partial charge on any atom is -0.360 e. The third kappa shape index (κ3) is 2.80. The van der Waals surface area contributed by atoms with E-state index in [1.54, 1.807) is 23.2 Å². The minimum atomic E-state index is -0.0782. The number of halogens is 1. The second-order valence-corrected chi connectivity index (χ2v) is 9.38. The van der Waals surface area contributed by atoms with E-state index in [4.69, 9.17) is 4.98 Å². The summed E-state index contributed by atoms with van der Waals surface area (Å²) in [5.74, 6) is 0.757. The lowest BCUT2D eigenvalue weighted by molar-refractivity contribution is 0.795. The molecule has 7 nitrogen and oxygen atoms in total. The van der Waals surface area contributed by atoms with Crippen LogP contribution in [0.15, 0.2) is 64.0 Å². The number of benzene rings is 3. The van der Waals surface area contributed by atoms with Crippen LogP contribution in [0.5, 0.6) is 0 Å². The van der Waals surface area contributed by atoms with Gasteiger partial charge in [-0.05, 0) is 64.8 Å². The number of nitrogens with one attached hydrogen (secondary N) is 1. The first kappa shape index (κ1) is 20.5. The van der Waals surface area contributed by atoms with Crippen molar-refractivity contribution in [3.05, 3.63) is 80.8 Å². The molecule has 0 atom stereocenters. The number of rotatable bonds is 2. The fourth-order valence-corrected chi connectivity index (χ4v) is 5.11. The molecule has 6 rings (SSSR count). The summed E-state index contributed by atoms with van der Waals surface area (Å²) in [5, 5.41) is 10.7. The highest BCUT2D eigenvalue weighted by atomic mass is 79.9. The lowest BCUT2D eigenvalue weighted by atomic mass is 10.1. The van der Waals surface area contributed by atoms with Gasteiger partial charge in [-0.25, -0.2) is 9.78 Å². The molecule has 0 spiro atoms. The predicted molar refractivity (Wildman–Crippen MR) is 137 cm³/mol. The number of aromatic nitrogens is 5. The standard InChI is InChI=1S/C26H19BrN6O/c1-14-4-6-17-18(13-29-20(17)8-14)25-30-21-11-19(27)15(12-28)9-23(21)33(25)16-5-7-22-24(10-16)32(3)26(34)31(22)2/h4-11,13,29H,1-3H3. The molecule has 0 aliphatic carbocycles. The van der Waals surface area contributed by atoms with Gasteiger partial charge in [0, 0.05) is 46.9 Å². The van der Waals surface area contributed by atoms with Crippen molar-refractivity contribution in [3.63, 3.8) is 0 Å². The maximum atomic E-state index is 12.5. The van der Waals surface area contributed by atoms with Crippen molar-refractivity contribution < 1.29 is 0 Å². The van der Waals surface area contributed by atoms with E-state index in [0.29, 0.717) is 10.0 Å². The molecule has 0 aliphatic heterocycles. The van der Waals surface area contributed by atoms with Crippen LogP contribution in [0, 0.1) is 18.3 Å². The molecule has 0 saturated carbocycles. The average Bonchev–Trinajstić information content (AvgIpc) is 3.47. The number of fused-ring (bicyclic) bond motifs is 3. The van der Waals surface area contributed by atoms with Crippen LogP contribution in [0.1, 0.15) is 11.1 Å². The van der Waals surface area contributed by atoms with E-state index >= 15 is 0 Å². The van der Waals surface area contributed by atoms with Gasteiger partial charge in [-0.2, -0.15) is 5.26 Å². The molecule has 3 aromatic carbocycles. The Labute approximate surface area is 202 Å². The van der Waals surface area contributed by atoms with Crippen LogP contribution >= 0.6 is 15.9 Å². The van der Waals surface area contributed by atoms with Crippen molar-refractivity contribution in [1.29, 1.82) is 5.26 Å². The van der Waals surface area contributed by atoms with E-state index in [9.17, 15) is 10.1 Å². The number of H-pyrrole nitrogens is 1. The van der Waals surface area contributed by atoms with Gasteiger partial charge in [-0.15, -0.1) is 0 Å². The number of imidazole rings is 2. The molecule has 0 bridgehead atoms. The predicted octanol–water partition coefficient (Wildman–Crippen LogP) is 5.31. The molecular formula is C26H19BrN6O. The summed E-state index contributed by atoms with van der Waals surface area (Å²) in [6.07, 6.45) is 1.97. The first-order valence-electron chi connectivity index (χ1n) is 10.7. The molecule has 1 N–H and O–H groups in total. The lowest BCUT2D eigenvalue weighted by Crippen LogP contribution is -2.19. The molecule has 0 saturated heterocycles. The van der Waals surface area contributed by atoms with Gasteiger partial charge in [0.2, 0.25) is 0 Å². The van der Waals surface area contributed by atoms with E-state index in [-0.39, 0.29) is 5.69 Å². The normalized spacial score (nSPS) is 11.6. The highest BCUT2D eigenvalue weighted by Gasteiger charge is 2.20. The summed E-state index contributed by atoms with van der Waals surface area (Å²) in [5.41, 5.74) is 7.74. The summed E-state index contributed by atoms with van der Waals surface area (Å²) in [6, 6.07) is 18.2. The minimum absolute atomic E-state index is 0.0782. The van der Waals surface area contributed by atoms with Crippen LogP contribution in [-0.2, 0) is 14.1 Å². The molecule has 0 aliphatic rings. The Balaban J connectivity index is 1.73. The maximum Gasteiger partial charge on any atom is 0.328 e. The Morgan fingerprint density at radius 1 is 1.00 bits per heavy atom. The largest absolute Gasteiger partial charge is 0.360 e. The molecule has 3 aromatic heterocycles. The summed E-state index contributed by atoms with van der Waals surface area (Å²) in [7, 11) is 3.54. The Kier molecular flexibility index (Phi) is 4.35. The van der Waals surface area contributed by atoms with Crippen molar-refractivity contribution in [1.82, 2.24) is 23.7 Å². The number of aromatic amines is 1. The van der Waals surface area contributed by atoms with Crippen LogP contribution in [0.3, 0.4) is 0 Å². The fraction of sp³-hybridized carbons (Fsp3) is 0.115. The zero-order valence-electron chi connectivity index (χ0n) is 18.7. The zero-order chi connectivity index (χ0) is 23.7. The van der Waals surface area contributed by atoms with Gasteiger partial charge < -0.3 is 4.98 Å². The Bertz CT molecular complexity index is 1890. The van der Waals surface area contributed by atoms with Crippen LogP contribution in [0.2, 0.25) is 0 Å². The molecule has 6 aromatic rings. The van der Waals surface area contributed by atoms with E-state index in [0.717, 1.165) is 50.0 Å². The first-order chi connectivity index (χ1) is 16.4. The van der Waals surface area contributed by atoms with Gasteiger partial charge in [0.25, 0.3) is 0 Å². The molecule has 8 heteroatoms. The molecular weight excluding hydrogens is 492 g/mol. The summed E-state index contributed by atoms with van der Waals surface area (Å²) < 4.78 is 6.04. The molecule has 0 fully saturated rings. The molecule has 166 valence electrons. The first-order valence-corrected chi connectivity index (χ1v) is 11.5. The number of nitrogens with zero attached hydrogens (tertiary/aromatic N) is 5. The summed E-state index contributed by atoms with van der Waals surface area (Å²) in [6.45, 7) is 2.06. The van der Waals surface area contributed by atoms with Crippen molar-refractivity contribution in [2.75, 3.05) is 0 Å². The SMILES string of the molecule is Cc1ccc2c(-c3nc4cc(Br)c(C#N)cc4n3-c3ccc4c(c3)n(C)c(=O)n4C)c[nH]c2c1. The van der Waals surface area contributed by atoms with Gasteiger partial charge in [0.05, 0.1) is 27.6 Å². The van der Waals surface area contributed by atoms with Crippen molar-refractivity contribution in [2.24, 2.45) is 14.1 Å². The van der Waals surface area contributed by atoms with E-state index in [2.05, 4.69) is 56.7 Å². The number of hydrogen-bond donors (Lipinski definition) is 1. The highest BCUT2D eigenvalue weighted by Crippen LogP contribution is 2.35. The number of hydrogen-bond acceptors (Lipinski definition) is 3.